The van der Waals surface area contributed by atoms with Crippen LogP contribution in [0.3, 0.4) is 0 Å². The largest absolute Gasteiger partial charge is 0.354 e. The van der Waals surface area contributed by atoms with Gasteiger partial charge < -0.3 is 9.80 Å². The Kier molecular flexibility index (Phi) is 4.31. The molecule has 4 nitrogen and oxygen atoms in total. The molecule has 0 atom stereocenters. The normalized spacial score (nSPS) is 16.4. The van der Waals surface area contributed by atoms with Crippen molar-refractivity contribution in [2.24, 2.45) is 0 Å². The highest BCUT2D eigenvalue weighted by Crippen LogP contribution is 2.29. The number of hydrogen-bond acceptors (Lipinski definition) is 3. The molecule has 1 aliphatic rings. The predicted octanol–water partition coefficient (Wildman–Crippen LogP) is 2.83. The Hall–Kier alpha value is -1.33. The standard InChI is InChI=1S/C16H21BrN4/c1-13-15(12-17)16(20-10-8-19(2)9-11-20)21(18-13)14-6-4-3-5-7-14/h3-7H,8-12H2,1-2H3. The van der Waals surface area contributed by atoms with E-state index in [9.17, 15) is 0 Å². The molecule has 1 fully saturated rings. The Balaban J connectivity index is 2.05. The number of aromatic nitrogens is 2. The molecule has 1 saturated heterocycles. The zero-order chi connectivity index (χ0) is 14.8. The van der Waals surface area contributed by atoms with E-state index in [0.29, 0.717) is 0 Å². The average molecular weight is 349 g/mol. The Bertz CT molecular complexity index is 600. The molecule has 5 heteroatoms. The molecule has 21 heavy (non-hydrogen) atoms. The number of aryl methyl sites for hydroxylation is 1. The lowest BCUT2D eigenvalue weighted by Crippen LogP contribution is -2.45. The zero-order valence-electron chi connectivity index (χ0n) is 12.6. The molecule has 0 bridgehead atoms. The van der Waals surface area contributed by atoms with Crippen LogP contribution in [0.15, 0.2) is 30.3 Å². The van der Waals surface area contributed by atoms with Gasteiger partial charge in [0.25, 0.3) is 0 Å². The number of rotatable bonds is 3. The van der Waals surface area contributed by atoms with Crippen LogP contribution in [0.2, 0.25) is 0 Å². The molecule has 1 aromatic heterocycles. The van der Waals surface area contributed by atoms with E-state index in [1.807, 2.05) is 6.07 Å². The van der Waals surface area contributed by atoms with E-state index in [4.69, 9.17) is 5.10 Å². The second kappa shape index (κ2) is 6.20. The third-order valence-electron chi connectivity index (χ3n) is 4.09. The van der Waals surface area contributed by atoms with Gasteiger partial charge in [0.15, 0.2) is 0 Å². The van der Waals surface area contributed by atoms with Gasteiger partial charge in [-0.05, 0) is 26.1 Å². The molecular formula is C16H21BrN4. The first-order valence-corrected chi connectivity index (χ1v) is 8.46. The summed E-state index contributed by atoms with van der Waals surface area (Å²) in [6.45, 7) is 6.39. The number of halogens is 1. The fourth-order valence-electron chi connectivity index (χ4n) is 2.80. The summed E-state index contributed by atoms with van der Waals surface area (Å²) < 4.78 is 2.09. The molecule has 0 amide bonds. The van der Waals surface area contributed by atoms with E-state index in [2.05, 4.69) is 68.6 Å². The summed E-state index contributed by atoms with van der Waals surface area (Å²) in [4.78, 5) is 4.84. The molecule has 0 spiro atoms. The quantitative estimate of drug-likeness (QED) is 0.797. The van der Waals surface area contributed by atoms with Crippen LogP contribution in [0.5, 0.6) is 0 Å². The Labute approximate surface area is 134 Å². The molecule has 1 aromatic carbocycles. The number of piperazine rings is 1. The number of para-hydroxylation sites is 1. The van der Waals surface area contributed by atoms with Gasteiger partial charge in [-0.25, -0.2) is 4.68 Å². The van der Waals surface area contributed by atoms with Crippen molar-refractivity contribution in [3.63, 3.8) is 0 Å². The van der Waals surface area contributed by atoms with E-state index in [1.54, 1.807) is 0 Å². The maximum atomic E-state index is 4.78. The number of alkyl halides is 1. The maximum absolute atomic E-state index is 4.78. The fraction of sp³-hybridized carbons (Fsp3) is 0.438. The van der Waals surface area contributed by atoms with Gasteiger partial charge >= 0.3 is 0 Å². The molecule has 3 rings (SSSR count). The molecule has 0 unspecified atom stereocenters. The number of anilines is 1. The van der Waals surface area contributed by atoms with E-state index in [1.165, 1.54) is 11.4 Å². The van der Waals surface area contributed by atoms with Crippen molar-refractivity contribution in [2.75, 3.05) is 38.1 Å². The van der Waals surface area contributed by atoms with Gasteiger partial charge in [0.2, 0.25) is 0 Å². The van der Waals surface area contributed by atoms with Crippen molar-refractivity contribution in [1.29, 1.82) is 0 Å². The van der Waals surface area contributed by atoms with Gasteiger partial charge in [0.1, 0.15) is 5.82 Å². The van der Waals surface area contributed by atoms with Crippen molar-refractivity contribution in [2.45, 2.75) is 12.3 Å². The predicted molar refractivity (Wildman–Crippen MR) is 90.6 cm³/mol. The highest BCUT2D eigenvalue weighted by molar-refractivity contribution is 9.08. The van der Waals surface area contributed by atoms with Gasteiger partial charge in [-0.15, -0.1) is 0 Å². The SMILES string of the molecule is Cc1nn(-c2ccccc2)c(N2CCN(C)CC2)c1CBr. The summed E-state index contributed by atoms with van der Waals surface area (Å²) in [5.41, 5.74) is 3.52. The van der Waals surface area contributed by atoms with Crippen LogP contribution in [0.25, 0.3) is 5.69 Å². The third kappa shape index (κ3) is 2.85. The van der Waals surface area contributed by atoms with Crippen LogP contribution in [-0.2, 0) is 5.33 Å². The lowest BCUT2D eigenvalue weighted by molar-refractivity contribution is 0.311. The van der Waals surface area contributed by atoms with Gasteiger partial charge in [-0.3, -0.25) is 0 Å². The summed E-state index contributed by atoms with van der Waals surface area (Å²) in [5, 5.41) is 5.62. The van der Waals surface area contributed by atoms with Crippen LogP contribution in [-0.4, -0.2) is 47.9 Å². The van der Waals surface area contributed by atoms with Crippen LogP contribution < -0.4 is 4.90 Å². The maximum Gasteiger partial charge on any atom is 0.136 e. The smallest absolute Gasteiger partial charge is 0.136 e. The van der Waals surface area contributed by atoms with E-state index >= 15 is 0 Å². The molecule has 112 valence electrons. The number of hydrogen-bond donors (Lipinski definition) is 0. The minimum atomic E-state index is 0.841. The number of nitrogens with zero attached hydrogens (tertiary/aromatic N) is 4. The van der Waals surface area contributed by atoms with Crippen LogP contribution in [0.4, 0.5) is 5.82 Å². The van der Waals surface area contributed by atoms with Gasteiger partial charge in [-0.2, -0.15) is 5.10 Å². The van der Waals surface area contributed by atoms with Crippen molar-refractivity contribution in [1.82, 2.24) is 14.7 Å². The molecule has 1 aliphatic heterocycles. The Morgan fingerprint density at radius 2 is 1.76 bits per heavy atom. The summed E-state index contributed by atoms with van der Waals surface area (Å²) in [6.07, 6.45) is 0. The van der Waals surface area contributed by atoms with E-state index < -0.39 is 0 Å². The summed E-state index contributed by atoms with van der Waals surface area (Å²) in [5.74, 6) is 1.24. The van der Waals surface area contributed by atoms with Gasteiger partial charge in [0, 0.05) is 37.1 Å². The fourth-order valence-corrected chi connectivity index (χ4v) is 3.45. The average Bonchev–Trinajstić information content (AvgIpc) is 2.85. The van der Waals surface area contributed by atoms with Gasteiger partial charge in [-0.1, -0.05) is 34.1 Å². The molecule has 0 radical (unpaired) electrons. The molecule has 0 N–H and O–H groups in total. The summed E-state index contributed by atoms with van der Waals surface area (Å²) in [6, 6.07) is 10.4. The van der Waals surface area contributed by atoms with Gasteiger partial charge in [0.05, 0.1) is 11.4 Å². The zero-order valence-corrected chi connectivity index (χ0v) is 14.2. The topological polar surface area (TPSA) is 24.3 Å². The van der Waals surface area contributed by atoms with Crippen molar-refractivity contribution >= 4 is 21.7 Å². The van der Waals surface area contributed by atoms with Crippen molar-refractivity contribution in [3.8, 4) is 5.69 Å². The first kappa shape index (κ1) is 14.6. The Morgan fingerprint density at radius 1 is 1.10 bits per heavy atom. The molecule has 2 aromatic rings. The minimum Gasteiger partial charge on any atom is -0.354 e. The van der Waals surface area contributed by atoms with Crippen LogP contribution >= 0.6 is 15.9 Å². The molecule has 2 heterocycles. The Morgan fingerprint density at radius 3 is 2.38 bits per heavy atom. The van der Waals surface area contributed by atoms with E-state index in [-0.39, 0.29) is 0 Å². The van der Waals surface area contributed by atoms with Crippen molar-refractivity contribution in [3.05, 3.63) is 41.6 Å². The lowest BCUT2D eigenvalue weighted by Gasteiger charge is -2.34. The van der Waals surface area contributed by atoms with Crippen LogP contribution in [0.1, 0.15) is 11.3 Å². The second-order valence-corrected chi connectivity index (χ2v) is 6.12. The highest BCUT2D eigenvalue weighted by Gasteiger charge is 2.23. The first-order chi connectivity index (χ1) is 10.2. The summed E-state index contributed by atoms with van der Waals surface area (Å²) in [7, 11) is 2.18. The minimum absolute atomic E-state index is 0.841. The third-order valence-corrected chi connectivity index (χ3v) is 4.66. The van der Waals surface area contributed by atoms with Crippen LogP contribution in [0, 0.1) is 6.92 Å². The monoisotopic (exact) mass is 348 g/mol. The van der Waals surface area contributed by atoms with Crippen molar-refractivity contribution < 1.29 is 0 Å². The second-order valence-electron chi connectivity index (χ2n) is 5.56. The number of benzene rings is 1. The van der Waals surface area contributed by atoms with E-state index in [0.717, 1.165) is 42.9 Å². The number of likely N-dealkylation sites (N-methyl/N-ethyl adjacent to an activating group) is 1. The lowest BCUT2D eigenvalue weighted by atomic mass is 10.2. The first-order valence-electron chi connectivity index (χ1n) is 7.34. The molecule has 0 aliphatic carbocycles. The molecule has 0 saturated carbocycles. The molecular weight excluding hydrogens is 328 g/mol. The summed E-state index contributed by atoms with van der Waals surface area (Å²) >= 11 is 3.63. The highest BCUT2D eigenvalue weighted by atomic mass is 79.9.